The fraction of sp³-hybridized carbons (Fsp3) is 0.0667. The summed E-state index contributed by atoms with van der Waals surface area (Å²) in [7, 11) is 0. The molecule has 0 aliphatic rings. The maximum atomic E-state index is 13.4. The van der Waals surface area contributed by atoms with E-state index in [9.17, 15) is 18.4 Å². The minimum Gasteiger partial charge on any atom is -0.452 e. The number of nitrogens with one attached hydrogen (secondary N) is 1. The average molecular weight is 326 g/mol. The highest BCUT2D eigenvalue weighted by atomic mass is 35.5. The predicted molar refractivity (Wildman–Crippen MR) is 76.7 cm³/mol. The van der Waals surface area contributed by atoms with E-state index in [1.165, 1.54) is 6.07 Å². The quantitative estimate of drug-likeness (QED) is 0.876. The molecule has 1 N–H and O–H groups in total. The van der Waals surface area contributed by atoms with Crippen LogP contribution >= 0.6 is 11.6 Å². The lowest BCUT2D eigenvalue weighted by atomic mass is 10.2. The van der Waals surface area contributed by atoms with Crippen LogP contribution < -0.4 is 5.32 Å². The van der Waals surface area contributed by atoms with E-state index < -0.39 is 35.7 Å². The van der Waals surface area contributed by atoms with Crippen LogP contribution in [0.5, 0.6) is 0 Å². The number of ether oxygens (including phenoxy) is 1. The number of hydrogen-bond acceptors (Lipinski definition) is 3. The van der Waals surface area contributed by atoms with Gasteiger partial charge < -0.3 is 10.1 Å². The molecule has 114 valence electrons. The summed E-state index contributed by atoms with van der Waals surface area (Å²) in [5, 5.41) is 2.89. The molecular weight excluding hydrogens is 316 g/mol. The smallest absolute Gasteiger partial charge is 0.341 e. The number of esters is 1. The molecule has 4 nitrogen and oxygen atoms in total. The van der Waals surface area contributed by atoms with Crippen molar-refractivity contribution in [2.75, 3.05) is 11.9 Å². The third-order valence-electron chi connectivity index (χ3n) is 2.59. The van der Waals surface area contributed by atoms with E-state index in [0.29, 0.717) is 16.8 Å². The SMILES string of the molecule is O=C(COC(=O)c1ccc(F)cc1F)Nc1cccc(Cl)c1. The normalized spacial score (nSPS) is 10.1. The molecule has 0 heterocycles. The first kappa shape index (κ1) is 15.9. The number of halogens is 3. The van der Waals surface area contributed by atoms with Crippen molar-refractivity contribution in [3.8, 4) is 0 Å². The van der Waals surface area contributed by atoms with Crippen molar-refractivity contribution in [1.82, 2.24) is 0 Å². The van der Waals surface area contributed by atoms with E-state index in [2.05, 4.69) is 10.1 Å². The van der Waals surface area contributed by atoms with Crippen molar-refractivity contribution >= 4 is 29.2 Å². The molecule has 2 aromatic carbocycles. The van der Waals surface area contributed by atoms with Gasteiger partial charge in [0.1, 0.15) is 11.6 Å². The fourth-order valence-electron chi connectivity index (χ4n) is 1.63. The molecule has 7 heteroatoms. The Morgan fingerprint density at radius 2 is 1.91 bits per heavy atom. The summed E-state index contributed by atoms with van der Waals surface area (Å²) >= 11 is 5.76. The largest absolute Gasteiger partial charge is 0.452 e. The number of anilines is 1. The van der Waals surface area contributed by atoms with Crippen molar-refractivity contribution in [3.05, 3.63) is 64.7 Å². The van der Waals surface area contributed by atoms with Crippen LogP contribution in [0.15, 0.2) is 42.5 Å². The Hall–Kier alpha value is -2.47. The lowest BCUT2D eigenvalue weighted by Crippen LogP contribution is -2.21. The third kappa shape index (κ3) is 4.26. The number of benzene rings is 2. The highest BCUT2D eigenvalue weighted by Crippen LogP contribution is 2.15. The summed E-state index contributed by atoms with van der Waals surface area (Å²) in [6, 6.07) is 8.81. The van der Waals surface area contributed by atoms with Crippen LogP contribution in [0.3, 0.4) is 0 Å². The molecule has 0 spiro atoms. The first-order chi connectivity index (χ1) is 10.5. The molecule has 22 heavy (non-hydrogen) atoms. The van der Waals surface area contributed by atoms with Crippen LogP contribution in [0.4, 0.5) is 14.5 Å². The van der Waals surface area contributed by atoms with Crippen LogP contribution in [-0.2, 0) is 9.53 Å². The second-order valence-corrected chi connectivity index (χ2v) is 4.70. The Labute approximate surface area is 129 Å². The number of hydrogen-bond donors (Lipinski definition) is 1. The Bertz CT molecular complexity index is 722. The minimum atomic E-state index is -1.06. The molecule has 2 rings (SSSR count). The van der Waals surface area contributed by atoms with E-state index in [-0.39, 0.29) is 0 Å². The van der Waals surface area contributed by atoms with E-state index in [1.807, 2.05) is 0 Å². The van der Waals surface area contributed by atoms with Gasteiger partial charge in [-0.3, -0.25) is 4.79 Å². The van der Waals surface area contributed by atoms with Crippen molar-refractivity contribution in [3.63, 3.8) is 0 Å². The number of carbonyl (C=O) groups is 2. The summed E-state index contributed by atoms with van der Waals surface area (Å²) in [5.41, 5.74) is -0.0153. The average Bonchev–Trinajstić information content (AvgIpc) is 2.45. The van der Waals surface area contributed by atoms with Crippen LogP contribution in [0.1, 0.15) is 10.4 Å². The molecule has 0 aliphatic carbocycles. The van der Waals surface area contributed by atoms with E-state index in [1.54, 1.807) is 18.2 Å². The summed E-state index contributed by atoms with van der Waals surface area (Å²) in [6.07, 6.45) is 0. The van der Waals surface area contributed by atoms with Gasteiger partial charge in [-0.15, -0.1) is 0 Å². The molecule has 0 saturated carbocycles. The van der Waals surface area contributed by atoms with Crippen molar-refractivity contribution in [2.45, 2.75) is 0 Å². The molecule has 2 aromatic rings. The zero-order chi connectivity index (χ0) is 16.1. The molecule has 0 unspecified atom stereocenters. The second-order valence-electron chi connectivity index (χ2n) is 4.26. The molecule has 1 amide bonds. The summed E-state index contributed by atoms with van der Waals surface area (Å²) in [5.74, 6) is -3.54. The van der Waals surface area contributed by atoms with E-state index >= 15 is 0 Å². The van der Waals surface area contributed by atoms with Crippen LogP contribution in [-0.4, -0.2) is 18.5 Å². The van der Waals surface area contributed by atoms with Gasteiger partial charge in [-0.05, 0) is 30.3 Å². The van der Waals surface area contributed by atoms with Crippen molar-refractivity contribution in [2.24, 2.45) is 0 Å². The fourth-order valence-corrected chi connectivity index (χ4v) is 1.82. The molecule has 0 atom stereocenters. The first-order valence-electron chi connectivity index (χ1n) is 6.13. The van der Waals surface area contributed by atoms with Gasteiger partial charge in [-0.2, -0.15) is 0 Å². The number of amides is 1. The highest BCUT2D eigenvalue weighted by Gasteiger charge is 2.15. The molecule has 0 aromatic heterocycles. The first-order valence-corrected chi connectivity index (χ1v) is 6.51. The van der Waals surface area contributed by atoms with Gasteiger partial charge in [-0.1, -0.05) is 17.7 Å². The number of carbonyl (C=O) groups excluding carboxylic acids is 2. The van der Waals surface area contributed by atoms with Gasteiger partial charge in [0.05, 0.1) is 5.56 Å². The Kier molecular flexibility index (Phi) is 5.06. The molecule has 0 saturated heterocycles. The van der Waals surface area contributed by atoms with Gasteiger partial charge in [0, 0.05) is 16.8 Å². The summed E-state index contributed by atoms with van der Waals surface area (Å²) < 4.78 is 30.8. The van der Waals surface area contributed by atoms with Gasteiger partial charge >= 0.3 is 5.97 Å². The molecule has 0 bridgehead atoms. The third-order valence-corrected chi connectivity index (χ3v) is 2.83. The summed E-state index contributed by atoms with van der Waals surface area (Å²) in [4.78, 5) is 23.2. The Morgan fingerprint density at radius 1 is 1.14 bits per heavy atom. The van der Waals surface area contributed by atoms with Gasteiger partial charge in [0.25, 0.3) is 5.91 Å². The lowest BCUT2D eigenvalue weighted by Gasteiger charge is -2.07. The Balaban J connectivity index is 1.92. The zero-order valence-electron chi connectivity index (χ0n) is 11.1. The zero-order valence-corrected chi connectivity index (χ0v) is 11.9. The topological polar surface area (TPSA) is 55.4 Å². The monoisotopic (exact) mass is 325 g/mol. The van der Waals surface area contributed by atoms with Crippen LogP contribution in [0.25, 0.3) is 0 Å². The number of rotatable bonds is 4. The van der Waals surface area contributed by atoms with Crippen molar-refractivity contribution in [1.29, 1.82) is 0 Å². The summed E-state index contributed by atoms with van der Waals surface area (Å²) in [6.45, 7) is -0.609. The predicted octanol–water partition coefficient (Wildman–Crippen LogP) is 3.41. The van der Waals surface area contributed by atoms with E-state index in [4.69, 9.17) is 11.6 Å². The maximum Gasteiger partial charge on any atom is 0.341 e. The molecule has 0 fully saturated rings. The lowest BCUT2D eigenvalue weighted by molar-refractivity contribution is -0.119. The standard InChI is InChI=1S/C15H10ClF2NO3/c16-9-2-1-3-11(6-9)19-14(20)8-22-15(21)12-5-4-10(17)7-13(12)18/h1-7H,8H2,(H,19,20). The Morgan fingerprint density at radius 3 is 2.59 bits per heavy atom. The molecular formula is C15H10ClF2NO3. The molecule has 0 radical (unpaired) electrons. The minimum absolute atomic E-state index is 0.432. The highest BCUT2D eigenvalue weighted by molar-refractivity contribution is 6.30. The van der Waals surface area contributed by atoms with Gasteiger partial charge in [0.15, 0.2) is 6.61 Å². The van der Waals surface area contributed by atoms with Gasteiger partial charge in [-0.25, -0.2) is 13.6 Å². The second kappa shape index (κ2) is 7.00. The molecule has 0 aliphatic heterocycles. The maximum absolute atomic E-state index is 13.4. The van der Waals surface area contributed by atoms with Crippen LogP contribution in [0.2, 0.25) is 5.02 Å². The van der Waals surface area contributed by atoms with Crippen molar-refractivity contribution < 1.29 is 23.1 Å². The van der Waals surface area contributed by atoms with E-state index in [0.717, 1.165) is 12.1 Å². The van der Waals surface area contributed by atoms with Crippen LogP contribution in [0, 0.1) is 11.6 Å². The van der Waals surface area contributed by atoms with Gasteiger partial charge in [0.2, 0.25) is 0 Å².